The smallest absolute Gasteiger partial charge is 0.353 e. The molecule has 1 aromatic carbocycles. The van der Waals surface area contributed by atoms with Crippen molar-refractivity contribution >= 4 is 5.84 Å². The van der Waals surface area contributed by atoms with E-state index in [-0.39, 0.29) is 30.4 Å². The maximum Gasteiger partial charge on any atom is 0.453 e. The highest BCUT2D eigenvalue weighted by molar-refractivity contribution is 5.87. The summed E-state index contributed by atoms with van der Waals surface area (Å²) in [6.07, 6.45) is -2.84. The maximum absolute atomic E-state index is 13.7. The lowest BCUT2D eigenvalue weighted by atomic mass is 9.98. The Morgan fingerprint density at radius 2 is 1.67 bits per heavy atom. The van der Waals surface area contributed by atoms with E-state index in [9.17, 15) is 26.3 Å². The number of nitrogens with zero attached hydrogens (tertiary/aromatic N) is 4. The summed E-state index contributed by atoms with van der Waals surface area (Å²) in [7, 11) is 0. The number of hydrogen-bond acceptors (Lipinski definition) is 4. The number of alkyl halides is 3. The van der Waals surface area contributed by atoms with Crippen LogP contribution in [0.5, 0.6) is 0 Å². The Labute approximate surface area is 170 Å². The molecule has 0 aliphatic carbocycles. The SMILES string of the molecule is CCC.CCN(Cc1nc(C(F)(F)F)n[nH]1)C1=N[C@H](Cc2cc(F)c(F)cc2F)C1. The number of aliphatic imine (C=N–C) groups is 1. The van der Waals surface area contributed by atoms with Crippen LogP contribution in [0.1, 0.15) is 50.8 Å². The van der Waals surface area contributed by atoms with Crippen molar-refractivity contribution in [1.29, 1.82) is 0 Å². The van der Waals surface area contributed by atoms with E-state index in [1.165, 1.54) is 6.42 Å². The molecule has 1 aliphatic heterocycles. The number of rotatable bonds is 5. The first kappa shape index (κ1) is 23.7. The van der Waals surface area contributed by atoms with Gasteiger partial charge in [-0.05, 0) is 25.0 Å². The maximum atomic E-state index is 13.7. The average molecular weight is 435 g/mol. The molecule has 1 N–H and O–H groups in total. The zero-order chi connectivity index (χ0) is 22.5. The van der Waals surface area contributed by atoms with E-state index in [1.807, 2.05) is 0 Å². The molecule has 0 fully saturated rings. The molecule has 2 aromatic rings. The van der Waals surface area contributed by atoms with E-state index in [1.54, 1.807) is 11.8 Å². The normalized spacial score (nSPS) is 15.8. The van der Waals surface area contributed by atoms with Crippen LogP contribution in [0.3, 0.4) is 0 Å². The predicted molar refractivity (Wildman–Crippen MR) is 99.3 cm³/mol. The Morgan fingerprint density at radius 3 is 2.20 bits per heavy atom. The fourth-order valence-electron chi connectivity index (χ4n) is 2.77. The van der Waals surface area contributed by atoms with Crippen LogP contribution >= 0.6 is 0 Å². The van der Waals surface area contributed by atoms with Gasteiger partial charge in [-0.25, -0.2) is 18.2 Å². The lowest BCUT2D eigenvalue weighted by molar-refractivity contribution is -0.144. The zero-order valence-corrected chi connectivity index (χ0v) is 16.8. The van der Waals surface area contributed by atoms with E-state index in [0.717, 1.165) is 6.07 Å². The molecule has 0 unspecified atom stereocenters. The largest absolute Gasteiger partial charge is 0.453 e. The minimum atomic E-state index is -4.63. The molecule has 0 spiro atoms. The first-order valence-electron chi connectivity index (χ1n) is 9.52. The second kappa shape index (κ2) is 9.94. The quantitative estimate of drug-likeness (QED) is 0.537. The summed E-state index contributed by atoms with van der Waals surface area (Å²) >= 11 is 0. The number of nitrogens with one attached hydrogen (secondary N) is 1. The van der Waals surface area contributed by atoms with Gasteiger partial charge < -0.3 is 4.90 Å². The molecule has 166 valence electrons. The Balaban J connectivity index is 0.00000101. The van der Waals surface area contributed by atoms with Gasteiger partial charge in [0, 0.05) is 19.0 Å². The van der Waals surface area contributed by atoms with Gasteiger partial charge in [-0.15, -0.1) is 5.10 Å². The van der Waals surface area contributed by atoms with Crippen molar-refractivity contribution in [3.05, 3.63) is 46.8 Å². The Morgan fingerprint density at radius 1 is 1.07 bits per heavy atom. The van der Waals surface area contributed by atoms with Crippen molar-refractivity contribution in [2.45, 2.75) is 58.8 Å². The van der Waals surface area contributed by atoms with E-state index in [2.05, 4.69) is 34.0 Å². The van der Waals surface area contributed by atoms with Crippen molar-refractivity contribution in [3.8, 4) is 0 Å². The van der Waals surface area contributed by atoms with Crippen LogP contribution in [0.25, 0.3) is 0 Å². The molecule has 0 bridgehead atoms. The highest BCUT2D eigenvalue weighted by atomic mass is 19.4. The molecule has 0 radical (unpaired) electrons. The lowest BCUT2D eigenvalue weighted by Crippen LogP contribution is -2.40. The molecule has 2 heterocycles. The number of benzene rings is 1. The van der Waals surface area contributed by atoms with Gasteiger partial charge in [0.1, 0.15) is 17.5 Å². The van der Waals surface area contributed by atoms with E-state index in [4.69, 9.17) is 0 Å². The summed E-state index contributed by atoms with van der Waals surface area (Å²) in [6.45, 7) is 6.57. The van der Waals surface area contributed by atoms with Gasteiger partial charge in [0.2, 0.25) is 0 Å². The molecular formula is C19H23F6N5. The summed E-state index contributed by atoms with van der Waals surface area (Å²) in [5, 5.41) is 5.38. The molecule has 3 rings (SSSR count). The molecule has 0 saturated heterocycles. The third kappa shape index (κ3) is 5.96. The number of hydrogen-bond donors (Lipinski definition) is 1. The van der Waals surface area contributed by atoms with Crippen molar-refractivity contribution in [2.75, 3.05) is 6.54 Å². The number of aromatic amines is 1. The lowest BCUT2D eigenvalue weighted by Gasteiger charge is -2.33. The number of halogens is 6. The molecule has 30 heavy (non-hydrogen) atoms. The Kier molecular flexibility index (Phi) is 7.85. The molecule has 1 atom stereocenters. The third-order valence-electron chi connectivity index (χ3n) is 4.17. The van der Waals surface area contributed by atoms with E-state index >= 15 is 0 Å². The topological polar surface area (TPSA) is 57.2 Å². The van der Waals surface area contributed by atoms with Crippen LogP contribution in [0, 0.1) is 17.5 Å². The van der Waals surface area contributed by atoms with Crippen LogP contribution in [-0.2, 0) is 19.1 Å². The monoisotopic (exact) mass is 435 g/mol. The van der Waals surface area contributed by atoms with Gasteiger partial charge in [0.25, 0.3) is 5.82 Å². The van der Waals surface area contributed by atoms with Gasteiger partial charge in [-0.1, -0.05) is 20.3 Å². The third-order valence-corrected chi connectivity index (χ3v) is 4.17. The van der Waals surface area contributed by atoms with Gasteiger partial charge in [0.05, 0.1) is 12.6 Å². The second-order valence-electron chi connectivity index (χ2n) is 6.79. The predicted octanol–water partition coefficient (Wildman–Crippen LogP) is 4.89. The molecule has 1 aliphatic rings. The summed E-state index contributed by atoms with van der Waals surface area (Å²) in [6, 6.07) is 0.992. The highest BCUT2D eigenvalue weighted by Gasteiger charge is 2.36. The van der Waals surface area contributed by atoms with Crippen molar-refractivity contribution in [2.24, 2.45) is 4.99 Å². The number of aromatic nitrogens is 3. The molecule has 0 amide bonds. The zero-order valence-electron chi connectivity index (χ0n) is 16.8. The fourth-order valence-corrected chi connectivity index (χ4v) is 2.77. The Hall–Kier alpha value is -2.59. The summed E-state index contributed by atoms with van der Waals surface area (Å²) in [5.41, 5.74) is 0.0230. The fraction of sp³-hybridized carbons (Fsp3) is 0.526. The minimum Gasteiger partial charge on any atom is -0.353 e. The van der Waals surface area contributed by atoms with Gasteiger partial charge in [-0.2, -0.15) is 13.2 Å². The van der Waals surface area contributed by atoms with Crippen LogP contribution in [0.4, 0.5) is 26.3 Å². The van der Waals surface area contributed by atoms with Crippen LogP contribution in [0.15, 0.2) is 17.1 Å². The van der Waals surface area contributed by atoms with Crippen LogP contribution in [-0.4, -0.2) is 38.5 Å². The van der Waals surface area contributed by atoms with E-state index < -0.39 is 29.5 Å². The molecule has 0 saturated carbocycles. The minimum absolute atomic E-state index is 0.0230. The average Bonchev–Trinajstić information content (AvgIpc) is 3.10. The van der Waals surface area contributed by atoms with Crippen LogP contribution in [0.2, 0.25) is 0 Å². The Bertz CT molecular complexity index is 877. The van der Waals surface area contributed by atoms with Gasteiger partial charge in [-0.3, -0.25) is 10.1 Å². The van der Waals surface area contributed by atoms with Gasteiger partial charge >= 0.3 is 6.18 Å². The number of H-pyrrole nitrogens is 1. The van der Waals surface area contributed by atoms with Crippen molar-refractivity contribution in [3.63, 3.8) is 0 Å². The van der Waals surface area contributed by atoms with Crippen LogP contribution < -0.4 is 0 Å². The first-order chi connectivity index (χ1) is 14.1. The first-order valence-corrected chi connectivity index (χ1v) is 9.52. The molecular weight excluding hydrogens is 412 g/mol. The summed E-state index contributed by atoms with van der Waals surface area (Å²) in [4.78, 5) is 9.43. The molecule has 5 nitrogen and oxygen atoms in total. The summed E-state index contributed by atoms with van der Waals surface area (Å²) in [5.74, 6) is -3.80. The van der Waals surface area contributed by atoms with Gasteiger partial charge in [0.15, 0.2) is 11.6 Å². The van der Waals surface area contributed by atoms with Crippen molar-refractivity contribution in [1.82, 2.24) is 20.1 Å². The molecule has 1 aromatic heterocycles. The van der Waals surface area contributed by atoms with E-state index in [0.29, 0.717) is 24.9 Å². The summed E-state index contributed by atoms with van der Waals surface area (Å²) < 4.78 is 77.5. The second-order valence-corrected chi connectivity index (χ2v) is 6.79. The highest BCUT2D eigenvalue weighted by Crippen LogP contribution is 2.27. The molecule has 11 heteroatoms. The van der Waals surface area contributed by atoms with Crippen molar-refractivity contribution < 1.29 is 26.3 Å². The number of amidine groups is 1. The standard InChI is InChI=1S/C16H15F6N5.C3H8/c1-2-27(7-13-24-15(26-25-13)16(20,21)22)14-5-9(23-14)3-8-4-11(18)12(19)6-10(8)17;1-3-2/h4,6,9H,2-3,5,7H2,1H3,(H,24,25,26);3H2,1-2H3/t9-;/m1./s1.